The maximum Gasteiger partial charge on any atom is 0.414 e. The highest BCUT2D eigenvalue weighted by Gasteiger charge is 2.20. The number of aromatic amines is 1. The van der Waals surface area contributed by atoms with E-state index in [0.717, 1.165) is 13.1 Å². The van der Waals surface area contributed by atoms with Crippen molar-refractivity contribution in [1.29, 1.82) is 0 Å². The van der Waals surface area contributed by atoms with Crippen LogP contribution in [0.15, 0.2) is 28.7 Å². The summed E-state index contributed by atoms with van der Waals surface area (Å²) in [4.78, 5) is 26.6. The third kappa shape index (κ3) is 5.95. The normalized spacial score (nSPS) is 11.9. The van der Waals surface area contributed by atoms with Gasteiger partial charge in [-0.25, -0.2) is 4.79 Å². The lowest BCUT2D eigenvalue weighted by atomic mass is 10.2. The monoisotopic (exact) mass is 471 g/mol. The number of anilines is 1. The summed E-state index contributed by atoms with van der Waals surface area (Å²) in [5.41, 5.74) is 0.316. The zero-order valence-corrected chi connectivity index (χ0v) is 18.2. The minimum Gasteiger partial charge on any atom is -0.388 e. The lowest BCUT2D eigenvalue weighted by Crippen LogP contribution is -2.43. The number of amides is 2. The van der Waals surface area contributed by atoms with E-state index >= 15 is 0 Å². The van der Waals surface area contributed by atoms with Crippen molar-refractivity contribution in [3.05, 3.63) is 39.3 Å². The molecule has 10 heteroatoms. The molecule has 0 aliphatic rings. The van der Waals surface area contributed by atoms with Crippen molar-refractivity contribution >= 4 is 45.3 Å². The number of nitrogens with zero attached hydrogens (tertiary/aromatic N) is 2. The van der Waals surface area contributed by atoms with Crippen LogP contribution in [0.2, 0.25) is 5.02 Å². The Morgan fingerprint density at radius 2 is 2.00 bits per heavy atom. The van der Waals surface area contributed by atoms with Crippen molar-refractivity contribution in [2.24, 2.45) is 0 Å². The van der Waals surface area contributed by atoms with E-state index in [-0.39, 0.29) is 17.7 Å². The standard InChI is InChI=1S/C18H23BrClN5O3/c1-4-25(5-2)10-11(3)21-18(27)28-17-14(19)15(23-24-17)22-16(26)12-8-6-7-9-13(12)20/h6-9,11H,4-5,10H2,1-3H3,(H,21,27)(H2,22,23,24,26)/t11-/m1/s1. The Bertz CT molecular complexity index is 825. The van der Waals surface area contributed by atoms with E-state index in [1.54, 1.807) is 24.3 Å². The Morgan fingerprint density at radius 1 is 1.32 bits per heavy atom. The van der Waals surface area contributed by atoms with Crippen LogP contribution in [0.3, 0.4) is 0 Å². The fourth-order valence-corrected chi connectivity index (χ4v) is 3.10. The second kappa shape index (κ2) is 10.4. The van der Waals surface area contributed by atoms with Gasteiger partial charge in [-0.05, 0) is 48.1 Å². The first-order chi connectivity index (χ1) is 13.3. The van der Waals surface area contributed by atoms with Crippen LogP contribution in [0.25, 0.3) is 0 Å². The maximum atomic E-state index is 12.3. The Kier molecular flexibility index (Phi) is 8.28. The van der Waals surface area contributed by atoms with Crippen LogP contribution in [0.4, 0.5) is 10.6 Å². The third-order valence-corrected chi connectivity index (χ3v) is 5.08. The van der Waals surface area contributed by atoms with E-state index < -0.39 is 12.0 Å². The van der Waals surface area contributed by atoms with E-state index in [1.807, 2.05) is 6.92 Å². The minimum absolute atomic E-state index is 0.0157. The first-order valence-corrected chi connectivity index (χ1v) is 10.0. The van der Waals surface area contributed by atoms with Crippen molar-refractivity contribution in [3.63, 3.8) is 0 Å². The number of nitrogens with one attached hydrogen (secondary N) is 3. The largest absolute Gasteiger partial charge is 0.414 e. The summed E-state index contributed by atoms with van der Waals surface area (Å²) in [5.74, 6) is -0.148. The lowest BCUT2D eigenvalue weighted by Gasteiger charge is -2.22. The molecule has 2 amide bonds. The third-order valence-electron chi connectivity index (χ3n) is 4.01. The summed E-state index contributed by atoms with van der Waals surface area (Å²) in [6.07, 6.45) is -0.629. The molecular weight excluding hydrogens is 450 g/mol. The molecule has 1 heterocycles. The second-order valence-electron chi connectivity index (χ2n) is 6.07. The van der Waals surface area contributed by atoms with Crippen LogP contribution in [0, 0.1) is 0 Å². The predicted octanol–water partition coefficient (Wildman–Crippen LogP) is 3.90. The van der Waals surface area contributed by atoms with E-state index in [1.165, 1.54) is 0 Å². The van der Waals surface area contributed by atoms with Crippen molar-refractivity contribution in [1.82, 2.24) is 20.4 Å². The number of benzene rings is 1. The molecular formula is C18H23BrClN5O3. The van der Waals surface area contributed by atoms with Crippen LogP contribution in [-0.2, 0) is 0 Å². The SMILES string of the molecule is CCN(CC)C[C@@H](C)NC(=O)Oc1n[nH]c(NC(=O)c2ccccc2Cl)c1Br. The quantitative estimate of drug-likeness (QED) is 0.541. The van der Waals surface area contributed by atoms with Gasteiger partial charge in [0.05, 0.1) is 10.6 Å². The molecule has 8 nitrogen and oxygen atoms in total. The Hall–Kier alpha value is -2.10. The number of hydrogen-bond acceptors (Lipinski definition) is 5. The molecule has 2 rings (SSSR count). The first kappa shape index (κ1) is 22.2. The number of carbonyl (C=O) groups is 2. The molecule has 0 spiro atoms. The van der Waals surface area contributed by atoms with Gasteiger partial charge in [-0.15, -0.1) is 5.10 Å². The van der Waals surface area contributed by atoms with Crippen LogP contribution in [0.5, 0.6) is 5.88 Å². The second-order valence-corrected chi connectivity index (χ2v) is 7.27. The predicted molar refractivity (Wildman–Crippen MR) is 112 cm³/mol. The molecule has 1 atom stereocenters. The summed E-state index contributed by atoms with van der Waals surface area (Å²) >= 11 is 9.30. The summed E-state index contributed by atoms with van der Waals surface area (Å²) in [6.45, 7) is 8.53. The summed E-state index contributed by atoms with van der Waals surface area (Å²) in [6, 6.07) is 6.57. The van der Waals surface area contributed by atoms with Crippen molar-refractivity contribution < 1.29 is 14.3 Å². The first-order valence-electron chi connectivity index (χ1n) is 8.86. The van der Waals surface area contributed by atoms with Gasteiger partial charge >= 0.3 is 6.09 Å². The van der Waals surface area contributed by atoms with E-state index in [4.69, 9.17) is 16.3 Å². The minimum atomic E-state index is -0.629. The molecule has 1 aromatic heterocycles. The molecule has 0 bridgehead atoms. The van der Waals surface area contributed by atoms with Gasteiger partial charge in [0.15, 0.2) is 0 Å². The van der Waals surface area contributed by atoms with Crippen LogP contribution in [0.1, 0.15) is 31.1 Å². The Labute approximate surface area is 177 Å². The van der Waals surface area contributed by atoms with Gasteiger partial charge in [0.2, 0.25) is 0 Å². The number of aromatic nitrogens is 2. The van der Waals surface area contributed by atoms with Gasteiger partial charge in [-0.3, -0.25) is 9.89 Å². The molecule has 1 aromatic carbocycles. The van der Waals surface area contributed by atoms with Crippen LogP contribution >= 0.6 is 27.5 Å². The molecule has 2 aromatic rings. The van der Waals surface area contributed by atoms with E-state index in [0.29, 0.717) is 21.6 Å². The van der Waals surface area contributed by atoms with Gasteiger partial charge in [0.1, 0.15) is 10.3 Å². The van der Waals surface area contributed by atoms with E-state index in [2.05, 4.69) is 55.5 Å². The molecule has 152 valence electrons. The molecule has 0 fully saturated rings. The number of likely N-dealkylation sites (N-methyl/N-ethyl adjacent to an activating group) is 1. The van der Waals surface area contributed by atoms with Crippen molar-refractivity contribution in [3.8, 4) is 5.88 Å². The average Bonchev–Trinajstić information content (AvgIpc) is 2.99. The van der Waals surface area contributed by atoms with Crippen molar-refractivity contribution in [2.45, 2.75) is 26.8 Å². The average molecular weight is 473 g/mol. The highest BCUT2D eigenvalue weighted by molar-refractivity contribution is 9.10. The number of H-pyrrole nitrogens is 1. The fraction of sp³-hybridized carbons (Fsp3) is 0.389. The van der Waals surface area contributed by atoms with Gasteiger partial charge < -0.3 is 20.3 Å². The molecule has 0 unspecified atom stereocenters. The Balaban J connectivity index is 1.96. The molecule has 3 N–H and O–H groups in total. The van der Waals surface area contributed by atoms with Gasteiger partial charge in [-0.2, -0.15) is 0 Å². The zero-order valence-electron chi connectivity index (χ0n) is 15.9. The molecule has 0 aliphatic heterocycles. The number of hydrogen-bond donors (Lipinski definition) is 3. The summed E-state index contributed by atoms with van der Waals surface area (Å²) < 4.78 is 5.54. The van der Waals surface area contributed by atoms with Gasteiger partial charge in [0.25, 0.3) is 11.8 Å². The number of halogens is 2. The number of carbonyl (C=O) groups excluding carboxylic acids is 2. The van der Waals surface area contributed by atoms with Crippen LogP contribution < -0.4 is 15.4 Å². The molecule has 28 heavy (non-hydrogen) atoms. The van der Waals surface area contributed by atoms with Crippen LogP contribution in [-0.4, -0.2) is 52.8 Å². The van der Waals surface area contributed by atoms with Crippen molar-refractivity contribution in [2.75, 3.05) is 25.0 Å². The molecule has 0 radical (unpaired) electrons. The smallest absolute Gasteiger partial charge is 0.388 e. The topological polar surface area (TPSA) is 99.3 Å². The summed E-state index contributed by atoms with van der Waals surface area (Å²) in [5, 5.41) is 12.3. The number of ether oxygens (including phenoxy) is 1. The molecule has 0 aliphatic carbocycles. The highest BCUT2D eigenvalue weighted by atomic mass is 79.9. The van der Waals surface area contributed by atoms with E-state index in [9.17, 15) is 9.59 Å². The van der Waals surface area contributed by atoms with Gasteiger partial charge in [0, 0.05) is 12.6 Å². The summed E-state index contributed by atoms with van der Waals surface area (Å²) in [7, 11) is 0. The fourth-order valence-electron chi connectivity index (χ4n) is 2.52. The number of rotatable bonds is 8. The lowest BCUT2D eigenvalue weighted by molar-refractivity contribution is 0.102. The molecule has 0 saturated heterocycles. The zero-order chi connectivity index (χ0) is 20.7. The molecule has 0 saturated carbocycles. The maximum absolute atomic E-state index is 12.3. The Morgan fingerprint density at radius 3 is 2.64 bits per heavy atom. The van der Waals surface area contributed by atoms with Gasteiger partial charge in [-0.1, -0.05) is 37.6 Å². The highest BCUT2D eigenvalue weighted by Crippen LogP contribution is 2.30.